The van der Waals surface area contributed by atoms with Gasteiger partial charge in [-0.05, 0) is 178 Å². The highest BCUT2D eigenvalue weighted by Gasteiger charge is 2.45. The van der Waals surface area contributed by atoms with Crippen LogP contribution in [0, 0.1) is 27.7 Å². The monoisotopic (exact) mass is 1470 g/mol. The third-order valence-corrected chi connectivity index (χ3v) is 41.7. The molecule has 6 heteroatoms. The highest BCUT2D eigenvalue weighted by molar-refractivity contribution is 6.93. The van der Waals surface area contributed by atoms with E-state index in [9.17, 15) is 0 Å². The fourth-order valence-electron chi connectivity index (χ4n) is 16.1. The molecule has 0 aliphatic rings. The number of fused-ring (bicyclic) bond motifs is 3. The van der Waals surface area contributed by atoms with Crippen LogP contribution in [0.15, 0.2) is 225 Å². The Kier molecular flexibility index (Phi) is 22.6. The van der Waals surface area contributed by atoms with E-state index in [4.69, 9.17) is 0 Å². The number of benzene rings is 9. The molecule has 0 N–H and O–H groups in total. The van der Waals surface area contributed by atoms with Crippen LogP contribution >= 0.6 is 0 Å². The second-order valence-corrected chi connectivity index (χ2v) is 54.0. The second kappa shape index (κ2) is 29.7. The number of aryl methyl sites for hydroxylation is 5. The molecule has 0 atom stereocenters. The van der Waals surface area contributed by atoms with Gasteiger partial charge in [0.05, 0.1) is 51.5 Å². The van der Waals surface area contributed by atoms with E-state index in [0.717, 1.165) is 0 Å². The first-order valence-corrected chi connectivity index (χ1v) is 48.4. The Morgan fingerprint density at radius 3 is 0.869 bits per heavy atom. The largest absolute Gasteiger partial charge is 0.220 e. The number of pyridine rings is 3. The summed E-state index contributed by atoms with van der Waals surface area (Å²) in [6, 6.07) is 78.5. The minimum atomic E-state index is -1.86. The topological polar surface area (TPSA) is 11.6 Å². The average molecular weight is 1470 g/mol. The zero-order valence-electron chi connectivity index (χ0n) is 71.7. The maximum absolute atomic E-state index is 2.53. The molecule has 0 spiro atoms. The number of nitrogens with zero attached hydrogens (tertiary/aromatic N) is 3. The molecule has 558 valence electrons. The normalized spacial score (nSPS) is 13.0. The summed E-state index contributed by atoms with van der Waals surface area (Å²) in [5.41, 5.74) is 23.7. The molecular formula is C101H130N3Si3+3. The van der Waals surface area contributed by atoms with Crippen molar-refractivity contribution in [1.29, 1.82) is 0 Å². The van der Waals surface area contributed by atoms with Crippen LogP contribution in [-0.4, -0.2) is 24.2 Å². The molecule has 0 saturated carbocycles. The summed E-state index contributed by atoms with van der Waals surface area (Å²) in [4.78, 5) is 0. The van der Waals surface area contributed by atoms with Crippen molar-refractivity contribution in [2.24, 2.45) is 21.1 Å². The van der Waals surface area contributed by atoms with Crippen LogP contribution in [0.3, 0.4) is 0 Å². The van der Waals surface area contributed by atoms with Gasteiger partial charge < -0.3 is 0 Å². The zero-order valence-corrected chi connectivity index (χ0v) is 74.7. The molecule has 0 aliphatic carbocycles. The quantitative estimate of drug-likeness (QED) is 0.0853. The lowest BCUT2D eigenvalue weighted by Gasteiger charge is -2.41. The van der Waals surface area contributed by atoms with Crippen molar-refractivity contribution < 1.29 is 13.7 Å². The summed E-state index contributed by atoms with van der Waals surface area (Å²) in [7, 11) is 1.02. The van der Waals surface area contributed by atoms with Crippen LogP contribution in [-0.2, 0) is 57.9 Å². The summed E-state index contributed by atoms with van der Waals surface area (Å²) in [5.74, 6) is 0. The molecule has 3 aromatic heterocycles. The molecule has 0 unspecified atom stereocenters. The molecule has 12 rings (SSSR count). The van der Waals surface area contributed by atoms with Crippen molar-refractivity contribution >= 4 is 72.1 Å². The zero-order chi connectivity index (χ0) is 78.9. The van der Waals surface area contributed by atoms with E-state index in [2.05, 4.69) is 451 Å². The predicted molar refractivity (Wildman–Crippen MR) is 475 cm³/mol. The molecule has 0 radical (unpaired) electrons. The summed E-state index contributed by atoms with van der Waals surface area (Å²) >= 11 is 0. The van der Waals surface area contributed by atoms with Crippen LogP contribution in [0.5, 0.6) is 0 Å². The van der Waals surface area contributed by atoms with Crippen molar-refractivity contribution in [3.63, 3.8) is 0 Å². The highest BCUT2D eigenvalue weighted by atomic mass is 28.3. The fourth-order valence-corrected chi connectivity index (χ4v) is 24.0. The molecule has 3 nitrogen and oxygen atoms in total. The average Bonchev–Trinajstić information content (AvgIpc) is 0.749. The maximum atomic E-state index is 2.53. The molecule has 0 bridgehead atoms. The van der Waals surface area contributed by atoms with Crippen molar-refractivity contribution in [2.45, 2.75) is 228 Å². The van der Waals surface area contributed by atoms with Gasteiger partial charge in [0.15, 0.2) is 18.6 Å². The Morgan fingerprint density at radius 2 is 0.551 bits per heavy atom. The van der Waals surface area contributed by atoms with Gasteiger partial charge in [-0.15, -0.1) is 0 Å². The Morgan fingerprint density at radius 1 is 0.252 bits per heavy atom. The van der Waals surface area contributed by atoms with Crippen molar-refractivity contribution in [1.82, 2.24) is 0 Å². The lowest BCUT2D eigenvalue weighted by atomic mass is 9.76. The number of rotatable bonds is 12. The molecule has 0 fully saturated rings. The SMILES string of the molecule is Cc1c(-c2c3ccc([Si](C)(C)C(C)(C)c4ccccc4)cc3cc[n+]2C)cc(C(C)(C)C)cc1C(C)(C)C.Cc1cc(C(C)(C)C)cc(-c2c3ccc([Si](C)(C)C(C)(C)c4ccccc4)cc3cc[n+]2C)c1C.Cc1ccc(C(C)(C)C)cc1-c1c2ccc([Si](C)(C)C(C)(C)c3ccccc3)cc2cc[n+]1C. The van der Waals surface area contributed by atoms with Gasteiger partial charge in [-0.25, -0.2) is 13.7 Å². The summed E-state index contributed by atoms with van der Waals surface area (Å²) in [5, 5.41) is 12.9. The van der Waals surface area contributed by atoms with Crippen LogP contribution in [0.1, 0.15) is 186 Å². The van der Waals surface area contributed by atoms with E-state index in [1.807, 2.05) is 0 Å². The summed E-state index contributed by atoms with van der Waals surface area (Å²) in [6.45, 7) is 66.5. The van der Waals surface area contributed by atoms with Crippen molar-refractivity contribution in [3.05, 3.63) is 286 Å². The molecule has 9 aromatic carbocycles. The number of hydrogen-bond donors (Lipinski definition) is 0. The molecular weight excluding hydrogens is 1340 g/mol. The van der Waals surface area contributed by atoms with E-state index in [0.29, 0.717) is 0 Å². The first kappa shape index (κ1) is 81.4. The molecule has 0 saturated heterocycles. The van der Waals surface area contributed by atoms with E-state index in [1.54, 1.807) is 0 Å². The molecule has 3 heterocycles. The van der Waals surface area contributed by atoms with Crippen molar-refractivity contribution in [2.75, 3.05) is 0 Å². The summed E-state index contributed by atoms with van der Waals surface area (Å²) in [6.07, 6.45) is 6.71. The highest BCUT2D eigenvalue weighted by Crippen LogP contribution is 2.43. The van der Waals surface area contributed by atoms with Gasteiger partial charge in [-0.2, -0.15) is 0 Å². The van der Waals surface area contributed by atoms with Crippen LogP contribution in [0.2, 0.25) is 39.3 Å². The maximum Gasteiger partial charge on any atom is 0.220 e. The van der Waals surface area contributed by atoms with Crippen LogP contribution in [0.4, 0.5) is 0 Å². The Hall–Kier alpha value is -8.14. The van der Waals surface area contributed by atoms with E-state index in [1.165, 1.54) is 143 Å². The molecule has 12 aromatic rings. The van der Waals surface area contributed by atoms with Gasteiger partial charge in [0, 0.05) is 23.8 Å². The number of hydrogen-bond acceptors (Lipinski definition) is 0. The minimum absolute atomic E-state index is 0.0784. The fraction of sp³-hybridized carbons (Fsp3) is 0.376. The standard InChI is InChI=1S/C36H48NSi.C33H42NSi.C32H40NSi/c1-25-31(23-28(34(2,3)4)24-32(25)35(5,6)7)33-30-19-18-29(22-26(30)20-21-37(33)10)38(11,12)36(8,9)27-16-14-13-15-17-27;1-23-20-27(32(3,4)5)22-30(24(23)2)31-29-17-16-28(21-25(29)18-19-34(31)8)35(9,10)33(6,7)26-14-12-11-13-15-26;1-23-15-16-26(31(2,3)4)22-29(23)30-28-18-17-27(21-24(28)19-20-33(30)7)34(8,9)32(5,6)25-13-11-10-12-14-25/h13-24H,1-12H3;11-22H,1-10H3;10-22H,1-9H3/q3*+1. The smallest absolute Gasteiger partial charge is 0.200 e. The van der Waals surface area contributed by atoms with Gasteiger partial charge in [0.1, 0.15) is 21.1 Å². The Bertz CT molecular complexity index is 5250. The predicted octanol–water partition coefficient (Wildman–Crippen LogP) is 23.7. The van der Waals surface area contributed by atoms with Crippen LogP contribution < -0.4 is 29.3 Å². The first-order chi connectivity index (χ1) is 49.5. The van der Waals surface area contributed by atoms with Crippen LogP contribution in [0.25, 0.3) is 66.1 Å². The van der Waals surface area contributed by atoms with Crippen molar-refractivity contribution in [3.8, 4) is 33.8 Å². The van der Waals surface area contributed by atoms with E-state index >= 15 is 0 Å². The first-order valence-electron chi connectivity index (χ1n) is 39.4. The van der Waals surface area contributed by atoms with Gasteiger partial charge in [-0.1, -0.05) is 331 Å². The van der Waals surface area contributed by atoms with Gasteiger partial charge in [0.25, 0.3) is 0 Å². The Labute approximate surface area is 650 Å². The Balaban J connectivity index is 0.000000172. The summed E-state index contributed by atoms with van der Waals surface area (Å²) < 4.78 is 6.90. The van der Waals surface area contributed by atoms with E-state index < -0.39 is 24.2 Å². The second-order valence-electron chi connectivity index (χ2n) is 38.8. The molecule has 0 amide bonds. The van der Waals surface area contributed by atoms with E-state index in [-0.39, 0.29) is 36.8 Å². The van der Waals surface area contributed by atoms with Gasteiger partial charge >= 0.3 is 0 Å². The third-order valence-electron chi connectivity index (χ3n) is 26.2. The van der Waals surface area contributed by atoms with Gasteiger partial charge in [0.2, 0.25) is 17.1 Å². The lowest BCUT2D eigenvalue weighted by molar-refractivity contribution is -0.659. The molecule has 0 aliphatic heterocycles. The lowest BCUT2D eigenvalue weighted by Crippen LogP contribution is -2.57. The molecule has 107 heavy (non-hydrogen) atoms. The van der Waals surface area contributed by atoms with Gasteiger partial charge in [-0.3, -0.25) is 0 Å². The third kappa shape index (κ3) is 15.9. The minimum Gasteiger partial charge on any atom is -0.200 e. The number of aromatic nitrogens is 3.